The Morgan fingerprint density at radius 3 is 2.42 bits per heavy atom. The van der Waals surface area contributed by atoms with Crippen LogP contribution in [-0.4, -0.2) is 24.5 Å². The smallest absolute Gasteiger partial charge is 0.335 e. The molecule has 1 aliphatic heterocycles. The van der Waals surface area contributed by atoms with Crippen molar-refractivity contribution in [3.05, 3.63) is 105 Å². The van der Waals surface area contributed by atoms with E-state index in [0.717, 1.165) is 20.5 Å². The van der Waals surface area contributed by atoms with Gasteiger partial charge in [-0.1, -0.05) is 50.1 Å². The van der Waals surface area contributed by atoms with E-state index in [1.54, 1.807) is 36.4 Å². The number of rotatable bonds is 9. The lowest BCUT2D eigenvalue weighted by atomic mass is 9.98. The zero-order valence-electron chi connectivity index (χ0n) is 20.5. The van der Waals surface area contributed by atoms with E-state index < -0.39 is 17.8 Å². The summed E-state index contributed by atoms with van der Waals surface area (Å²) in [5, 5.41) is 2.25. The van der Waals surface area contributed by atoms with E-state index in [1.807, 2.05) is 37.3 Å². The van der Waals surface area contributed by atoms with Gasteiger partial charge in [-0.05, 0) is 79.1 Å². The lowest BCUT2D eigenvalue weighted by molar-refractivity contribution is -0.122. The Bertz CT molecular complexity index is 1430. The van der Waals surface area contributed by atoms with E-state index in [4.69, 9.17) is 9.47 Å². The number of carbonyl (C=O) groups excluding carboxylic acids is 3. The van der Waals surface area contributed by atoms with Gasteiger partial charge in [0.25, 0.3) is 11.8 Å². The van der Waals surface area contributed by atoms with Crippen LogP contribution in [0.4, 0.5) is 10.5 Å². The fourth-order valence-electron chi connectivity index (χ4n) is 3.96. The first kappa shape index (κ1) is 27.3. The minimum Gasteiger partial charge on any atom is -0.493 e. The highest BCUT2D eigenvalue weighted by Gasteiger charge is 2.37. The number of ether oxygens (including phenoxy) is 2. The van der Waals surface area contributed by atoms with Crippen LogP contribution in [0, 0.1) is 0 Å². The van der Waals surface area contributed by atoms with Crippen LogP contribution in [0.3, 0.4) is 0 Å². The highest BCUT2D eigenvalue weighted by Crippen LogP contribution is 2.30. The summed E-state index contributed by atoms with van der Waals surface area (Å²) < 4.78 is 13.6. The van der Waals surface area contributed by atoms with Crippen LogP contribution in [0.1, 0.15) is 23.6 Å². The Balaban J connectivity index is 1.71. The number of hydrogen-bond acceptors (Lipinski definition) is 5. The fourth-order valence-corrected chi connectivity index (χ4v) is 4.61. The van der Waals surface area contributed by atoms with E-state index in [2.05, 4.69) is 43.8 Å². The molecule has 1 heterocycles. The Kier molecular flexibility index (Phi) is 8.81. The van der Waals surface area contributed by atoms with Crippen molar-refractivity contribution in [1.82, 2.24) is 5.32 Å². The van der Waals surface area contributed by atoms with Gasteiger partial charge in [-0.3, -0.25) is 14.9 Å². The Morgan fingerprint density at radius 2 is 1.74 bits per heavy atom. The summed E-state index contributed by atoms with van der Waals surface area (Å²) in [7, 11) is 0. The fraction of sp³-hybridized carbons (Fsp3) is 0.138. The molecule has 38 heavy (non-hydrogen) atoms. The summed E-state index contributed by atoms with van der Waals surface area (Å²) in [6, 6.07) is 17.0. The third-order valence-corrected chi connectivity index (χ3v) is 6.69. The molecule has 1 aliphatic rings. The molecule has 0 saturated carbocycles. The molecule has 0 bridgehead atoms. The van der Waals surface area contributed by atoms with Gasteiger partial charge in [0.2, 0.25) is 0 Å². The van der Waals surface area contributed by atoms with E-state index >= 15 is 0 Å². The molecule has 0 aliphatic carbocycles. The molecule has 7 nitrogen and oxygen atoms in total. The molecule has 4 amide bonds. The van der Waals surface area contributed by atoms with Crippen molar-refractivity contribution in [2.45, 2.75) is 20.0 Å². The third kappa shape index (κ3) is 6.23. The average Bonchev–Trinajstić information content (AvgIpc) is 2.87. The molecular formula is C29H24Br2N2O5. The second-order valence-corrected chi connectivity index (χ2v) is 10.1. The second-order valence-electron chi connectivity index (χ2n) is 8.26. The maximum absolute atomic E-state index is 13.3. The Morgan fingerprint density at radius 1 is 0.974 bits per heavy atom. The lowest BCUT2D eigenvalue weighted by Crippen LogP contribution is -2.54. The van der Waals surface area contributed by atoms with Crippen LogP contribution < -0.4 is 19.7 Å². The van der Waals surface area contributed by atoms with E-state index in [0.29, 0.717) is 40.3 Å². The predicted octanol–water partition coefficient (Wildman–Crippen LogP) is 6.58. The highest BCUT2D eigenvalue weighted by atomic mass is 79.9. The van der Waals surface area contributed by atoms with Gasteiger partial charge in [0.05, 0.1) is 12.3 Å². The minimum atomic E-state index is -0.807. The summed E-state index contributed by atoms with van der Waals surface area (Å²) in [5.74, 6) is -0.215. The molecule has 194 valence electrons. The molecule has 0 atom stereocenters. The molecule has 1 fully saturated rings. The molecule has 0 unspecified atom stereocenters. The van der Waals surface area contributed by atoms with Crippen LogP contribution >= 0.6 is 31.9 Å². The lowest BCUT2D eigenvalue weighted by Gasteiger charge is -2.26. The number of hydrogen-bond donors (Lipinski definition) is 1. The number of anilines is 1. The molecule has 0 radical (unpaired) electrons. The zero-order chi connectivity index (χ0) is 27.2. The summed E-state index contributed by atoms with van der Waals surface area (Å²) in [5.41, 5.74) is 2.44. The van der Waals surface area contributed by atoms with Crippen LogP contribution in [0.2, 0.25) is 0 Å². The number of urea groups is 1. The quantitative estimate of drug-likeness (QED) is 0.162. The van der Waals surface area contributed by atoms with Crippen molar-refractivity contribution in [2.24, 2.45) is 0 Å². The maximum Gasteiger partial charge on any atom is 0.335 e. The Labute approximate surface area is 237 Å². The summed E-state index contributed by atoms with van der Waals surface area (Å²) >= 11 is 6.76. The molecule has 1 saturated heterocycles. The number of benzene rings is 3. The van der Waals surface area contributed by atoms with Crippen LogP contribution in [0.25, 0.3) is 6.08 Å². The van der Waals surface area contributed by atoms with Gasteiger partial charge in [0.1, 0.15) is 23.7 Å². The van der Waals surface area contributed by atoms with Crippen molar-refractivity contribution < 1.29 is 23.9 Å². The van der Waals surface area contributed by atoms with Crippen molar-refractivity contribution in [1.29, 1.82) is 0 Å². The normalized spacial score (nSPS) is 14.4. The van der Waals surface area contributed by atoms with Gasteiger partial charge in [-0.25, -0.2) is 9.69 Å². The summed E-state index contributed by atoms with van der Waals surface area (Å²) in [6.07, 6.45) is 3.74. The highest BCUT2D eigenvalue weighted by molar-refractivity contribution is 9.10. The molecular weight excluding hydrogens is 616 g/mol. The first-order valence-corrected chi connectivity index (χ1v) is 13.3. The van der Waals surface area contributed by atoms with Gasteiger partial charge in [-0.2, -0.15) is 0 Å². The topological polar surface area (TPSA) is 84.9 Å². The van der Waals surface area contributed by atoms with Crippen LogP contribution in [0.15, 0.2) is 87.8 Å². The molecule has 3 aromatic rings. The number of allylic oxidation sites excluding steroid dienone is 1. The van der Waals surface area contributed by atoms with E-state index in [-0.39, 0.29) is 12.2 Å². The van der Waals surface area contributed by atoms with Gasteiger partial charge in [0, 0.05) is 14.5 Å². The number of amides is 4. The molecule has 3 aromatic carbocycles. The van der Waals surface area contributed by atoms with Crippen LogP contribution in [0.5, 0.6) is 11.5 Å². The molecule has 9 heteroatoms. The third-order valence-electron chi connectivity index (χ3n) is 5.66. The average molecular weight is 640 g/mol. The Hall–Kier alpha value is -3.69. The number of nitrogens with zero attached hydrogens (tertiary/aromatic N) is 1. The van der Waals surface area contributed by atoms with Crippen molar-refractivity contribution in [3.63, 3.8) is 0 Å². The van der Waals surface area contributed by atoms with Crippen molar-refractivity contribution in [2.75, 3.05) is 11.5 Å². The SMILES string of the molecule is C=CCc1cc(C=C2C(=O)NC(=O)N(c3cccc(Br)c3)C2=O)cc(OCC)c1COc1ccc(Br)cc1. The van der Waals surface area contributed by atoms with Crippen LogP contribution in [-0.2, 0) is 22.6 Å². The number of nitrogens with one attached hydrogen (secondary N) is 1. The number of halogens is 2. The number of imide groups is 2. The largest absolute Gasteiger partial charge is 0.493 e. The van der Waals surface area contributed by atoms with Crippen molar-refractivity contribution in [3.8, 4) is 11.5 Å². The van der Waals surface area contributed by atoms with Gasteiger partial charge in [0.15, 0.2) is 0 Å². The van der Waals surface area contributed by atoms with Gasteiger partial charge < -0.3 is 9.47 Å². The monoisotopic (exact) mass is 638 g/mol. The zero-order valence-corrected chi connectivity index (χ0v) is 23.7. The van der Waals surface area contributed by atoms with E-state index in [9.17, 15) is 14.4 Å². The maximum atomic E-state index is 13.3. The first-order valence-electron chi connectivity index (χ1n) is 11.8. The summed E-state index contributed by atoms with van der Waals surface area (Å²) in [6.45, 7) is 6.39. The number of barbiturate groups is 1. The molecule has 0 spiro atoms. The predicted molar refractivity (Wildman–Crippen MR) is 153 cm³/mol. The van der Waals surface area contributed by atoms with Crippen molar-refractivity contribution >= 4 is 61.5 Å². The second kappa shape index (κ2) is 12.2. The van der Waals surface area contributed by atoms with Gasteiger partial charge in [-0.15, -0.1) is 6.58 Å². The van der Waals surface area contributed by atoms with E-state index in [1.165, 1.54) is 6.08 Å². The molecule has 0 aromatic heterocycles. The molecule has 4 rings (SSSR count). The van der Waals surface area contributed by atoms with Gasteiger partial charge >= 0.3 is 6.03 Å². The molecule has 1 N–H and O–H groups in total. The minimum absolute atomic E-state index is 0.171. The number of carbonyl (C=O) groups is 3. The summed E-state index contributed by atoms with van der Waals surface area (Å²) in [4.78, 5) is 39.5. The standard InChI is InChI=1S/C29H24Br2N2O5/c1-3-6-19-13-18(15-26(37-4-2)25(19)17-38-23-11-9-20(30)10-12-23)14-24-27(34)32-29(36)33(28(24)35)22-8-5-7-21(31)16-22/h3,5,7-16H,1,4,6,17H2,2H3,(H,32,34,36). The first-order chi connectivity index (χ1) is 18.3.